The molecule has 5 heteroatoms. The van der Waals surface area contributed by atoms with Crippen molar-refractivity contribution in [3.8, 4) is 5.75 Å². The maximum atomic E-state index is 12.2. The van der Waals surface area contributed by atoms with Crippen LogP contribution in [-0.4, -0.2) is 13.0 Å². The number of benzene rings is 2. The van der Waals surface area contributed by atoms with E-state index < -0.39 is 0 Å². The molecule has 0 aliphatic heterocycles. The Bertz CT molecular complexity index is 808. The van der Waals surface area contributed by atoms with Crippen molar-refractivity contribution in [2.24, 2.45) is 0 Å². The Labute approximate surface area is 121 Å². The van der Waals surface area contributed by atoms with Gasteiger partial charge in [0.2, 0.25) is 0 Å². The third-order valence-electron chi connectivity index (χ3n) is 3.09. The van der Waals surface area contributed by atoms with E-state index in [1.54, 1.807) is 55.6 Å². The quantitative estimate of drug-likeness (QED) is 0.723. The van der Waals surface area contributed by atoms with Crippen LogP contribution in [0.25, 0.3) is 11.0 Å². The van der Waals surface area contributed by atoms with Gasteiger partial charge in [-0.15, -0.1) is 0 Å². The molecule has 0 saturated heterocycles. The van der Waals surface area contributed by atoms with Crippen LogP contribution in [0.4, 0.5) is 11.4 Å². The Balaban J connectivity index is 1.86. The van der Waals surface area contributed by atoms with E-state index in [9.17, 15) is 4.79 Å². The molecular formula is C16H14N2O3. The van der Waals surface area contributed by atoms with Crippen LogP contribution in [0.2, 0.25) is 0 Å². The summed E-state index contributed by atoms with van der Waals surface area (Å²) < 4.78 is 10.6. The number of carbonyl (C=O) groups is 1. The van der Waals surface area contributed by atoms with Crippen molar-refractivity contribution in [3.05, 3.63) is 54.3 Å². The molecule has 2 aromatic carbocycles. The third-order valence-corrected chi connectivity index (χ3v) is 3.09. The second-order valence-corrected chi connectivity index (χ2v) is 4.59. The van der Waals surface area contributed by atoms with Gasteiger partial charge >= 0.3 is 0 Å². The summed E-state index contributed by atoms with van der Waals surface area (Å²) in [5.41, 5.74) is 7.60. The number of furan rings is 1. The lowest BCUT2D eigenvalue weighted by atomic mass is 10.2. The van der Waals surface area contributed by atoms with Gasteiger partial charge in [0.1, 0.15) is 11.3 Å². The molecule has 0 fully saturated rings. The normalized spacial score (nSPS) is 10.5. The highest BCUT2D eigenvalue weighted by atomic mass is 16.5. The van der Waals surface area contributed by atoms with Gasteiger partial charge in [-0.05, 0) is 36.4 Å². The van der Waals surface area contributed by atoms with Crippen LogP contribution in [0.15, 0.2) is 52.9 Å². The van der Waals surface area contributed by atoms with Gasteiger partial charge < -0.3 is 20.2 Å². The van der Waals surface area contributed by atoms with Crippen LogP contribution in [0.3, 0.4) is 0 Å². The number of amides is 1. The van der Waals surface area contributed by atoms with E-state index in [4.69, 9.17) is 14.9 Å². The Hall–Kier alpha value is -2.95. The lowest BCUT2D eigenvalue weighted by Gasteiger charge is -2.05. The zero-order valence-electron chi connectivity index (χ0n) is 11.4. The number of rotatable bonds is 3. The molecule has 0 spiro atoms. The lowest BCUT2D eigenvalue weighted by Crippen LogP contribution is -2.10. The molecule has 1 heterocycles. The van der Waals surface area contributed by atoms with E-state index in [0.29, 0.717) is 22.7 Å². The van der Waals surface area contributed by atoms with E-state index in [-0.39, 0.29) is 11.7 Å². The standard InChI is InChI=1S/C16H14N2O3/c1-20-13-4-2-3-12(9-13)18-16(19)15-8-10-7-11(17)5-6-14(10)21-15/h2-9H,17H2,1H3,(H,18,19). The Morgan fingerprint density at radius 1 is 1.19 bits per heavy atom. The zero-order valence-corrected chi connectivity index (χ0v) is 11.4. The van der Waals surface area contributed by atoms with Crippen LogP contribution < -0.4 is 15.8 Å². The molecule has 0 atom stereocenters. The van der Waals surface area contributed by atoms with Crippen molar-refractivity contribution < 1.29 is 13.9 Å². The van der Waals surface area contributed by atoms with Gasteiger partial charge in [0, 0.05) is 22.8 Å². The smallest absolute Gasteiger partial charge is 0.291 e. The molecule has 0 unspecified atom stereocenters. The molecule has 0 aliphatic rings. The maximum absolute atomic E-state index is 12.2. The first-order valence-electron chi connectivity index (χ1n) is 6.40. The molecule has 106 valence electrons. The predicted molar refractivity (Wildman–Crippen MR) is 81.6 cm³/mol. The van der Waals surface area contributed by atoms with Crippen LogP contribution in [-0.2, 0) is 0 Å². The Morgan fingerprint density at radius 2 is 2.05 bits per heavy atom. The summed E-state index contributed by atoms with van der Waals surface area (Å²) >= 11 is 0. The number of fused-ring (bicyclic) bond motifs is 1. The monoisotopic (exact) mass is 282 g/mol. The molecule has 5 nitrogen and oxygen atoms in total. The molecule has 21 heavy (non-hydrogen) atoms. The molecule has 3 N–H and O–H groups in total. The number of nitrogen functional groups attached to an aromatic ring is 1. The van der Waals surface area contributed by atoms with Crippen molar-refractivity contribution in [2.45, 2.75) is 0 Å². The summed E-state index contributed by atoms with van der Waals surface area (Å²) in [4.78, 5) is 12.2. The van der Waals surface area contributed by atoms with Crippen molar-refractivity contribution in [1.29, 1.82) is 0 Å². The van der Waals surface area contributed by atoms with Gasteiger partial charge in [0.05, 0.1) is 7.11 Å². The van der Waals surface area contributed by atoms with E-state index in [1.165, 1.54) is 0 Å². The average molecular weight is 282 g/mol. The molecule has 3 rings (SSSR count). The fourth-order valence-corrected chi connectivity index (χ4v) is 2.07. The topological polar surface area (TPSA) is 77.5 Å². The summed E-state index contributed by atoms with van der Waals surface area (Å²) in [5.74, 6) is 0.585. The highest BCUT2D eigenvalue weighted by molar-refractivity contribution is 6.04. The van der Waals surface area contributed by atoms with Gasteiger partial charge in [-0.25, -0.2) is 0 Å². The lowest BCUT2D eigenvalue weighted by molar-refractivity contribution is 0.0998. The summed E-state index contributed by atoms with van der Waals surface area (Å²) in [5, 5.41) is 3.56. The van der Waals surface area contributed by atoms with E-state index >= 15 is 0 Å². The minimum Gasteiger partial charge on any atom is -0.497 e. The number of anilines is 2. The Kier molecular flexibility index (Phi) is 3.23. The summed E-state index contributed by atoms with van der Waals surface area (Å²) in [6.45, 7) is 0. The van der Waals surface area contributed by atoms with Crippen LogP contribution in [0.1, 0.15) is 10.6 Å². The number of nitrogens with one attached hydrogen (secondary N) is 1. The number of hydrogen-bond acceptors (Lipinski definition) is 4. The molecule has 0 radical (unpaired) electrons. The molecular weight excluding hydrogens is 268 g/mol. The fraction of sp³-hybridized carbons (Fsp3) is 0.0625. The van der Waals surface area contributed by atoms with Crippen molar-refractivity contribution in [2.75, 3.05) is 18.2 Å². The summed E-state index contributed by atoms with van der Waals surface area (Å²) in [6, 6.07) is 14.0. The summed E-state index contributed by atoms with van der Waals surface area (Å²) in [7, 11) is 1.57. The molecule has 1 amide bonds. The fourth-order valence-electron chi connectivity index (χ4n) is 2.07. The minimum absolute atomic E-state index is 0.235. The SMILES string of the molecule is COc1cccc(NC(=O)c2cc3cc(N)ccc3o2)c1. The first-order valence-corrected chi connectivity index (χ1v) is 6.40. The second-order valence-electron chi connectivity index (χ2n) is 4.59. The van der Waals surface area contributed by atoms with Gasteiger partial charge in [-0.1, -0.05) is 6.07 Å². The first kappa shape index (κ1) is 13.1. The number of methoxy groups -OCH3 is 1. The molecule has 1 aromatic heterocycles. The number of hydrogen-bond donors (Lipinski definition) is 2. The van der Waals surface area contributed by atoms with Gasteiger partial charge in [-0.2, -0.15) is 0 Å². The predicted octanol–water partition coefficient (Wildman–Crippen LogP) is 3.28. The Morgan fingerprint density at radius 3 is 2.86 bits per heavy atom. The maximum Gasteiger partial charge on any atom is 0.291 e. The average Bonchev–Trinajstić information content (AvgIpc) is 2.90. The first-order chi connectivity index (χ1) is 10.2. The highest BCUT2D eigenvalue weighted by Crippen LogP contribution is 2.23. The largest absolute Gasteiger partial charge is 0.497 e. The van der Waals surface area contributed by atoms with Gasteiger partial charge in [0.15, 0.2) is 5.76 Å². The zero-order chi connectivity index (χ0) is 14.8. The van der Waals surface area contributed by atoms with Crippen molar-refractivity contribution in [3.63, 3.8) is 0 Å². The highest BCUT2D eigenvalue weighted by Gasteiger charge is 2.13. The molecule has 0 bridgehead atoms. The van der Waals surface area contributed by atoms with Crippen molar-refractivity contribution >= 4 is 28.3 Å². The second kappa shape index (κ2) is 5.20. The molecule has 0 saturated carbocycles. The van der Waals surface area contributed by atoms with Crippen molar-refractivity contribution in [1.82, 2.24) is 0 Å². The summed E-state index contributed by atoms with van der Waals surface area (Å²) in [6.07, 6.45) is 0. The van der Waals surface area contributed by atoms with E-state index in [0.717, 1.165) is 5.39 Å². The number of ether oxygens (including phenoxy) is 1. The van der Waals surface area contributed by atoms with Crippen LogP contribution in [0.5, 0.6) is 5.75 Å². The van der Waals surface area contributed by atoms with E-state index in [2.05, 4.69) is 5.32 Å². The van der Waals surface area contributed by atoms with Crippen LogP contribution in [0, 0.1) is 0 Å². The van der Waals surface area contributed by atoms with Gasteiger partial charge in [0.25, 0.3) is 5.91 Å². The number of nitrogens with two attached hydrogens (primary N) is 1. The number of carbonyl (C=O) groups excluding carboxylic acids is 1. The molecule has 0 aliphatic carbocycles. The minimum atomic E-state index is -0.321. The van der Waals surface area contributed by atoms with E-state index in [1.807, 2.05) is 0 Å². The molecule has 3 aromatic rings. The third kappa shape index (κ3) is 2.67. The van der Waals surface area contributed by atoms with Crippen LogP contribution >= 0.6 is 0 Å². The van der Waals surface area contributed by atoms with Gasteiger partial charge in [-0.3, -0.25) is 4.79 Å².